The van der Waals surface area contributed by atoms with Crippen molar-refractivity contribution in [2.24, 2.45) is 0 Å². The van der Waals surface area contributed by atoms with E-state index in [0.29, 0.717) is 0 Å². The Labute approximate surface area is 287 Å². The lowest BCUT2D eigenvalue weighted by Gasteiger charge is -2.52. The van der Waals surface area contributed by atoms with Crippen LogP contribution in [0.5, 0.6) is 0 Å². The molecule has 2 unspecified atom stereocenters. The van der Waals surface area contributed by atoms with Crippen molar-refractivity contribution in [3.8, 4) is 11.1 Å². The van der Waals surface area contributed by atoms with Crippen LogP contribution in [-0.2, 0) is 22.9 Å². The minimum Gasteiger partial charge on any atom is -0.365 e. The highest BCUT2D eigenvalue weighted by atomic mass is 15.2. The molecule has 6 aromatic carbocycles. The maximum atomic E-state index is 2.60. The zero-order valence-electron chi connectivity index (χ0n) is 29.7. The van der Waals surface area contributed by atoms with Gasteiger partial charge in [-0.2, -0.15) is 0 Å². The molecule has 8 rings (SSSR count). The van der Waals surface area contributed by atoms with Crippen molar-refractivity contribution in [3.05, 3.63) is 143 Å². The summed E-state index contributed by atoms with van der Waals surface area (Å²) in [6.45, 7) is 12.0. The quantitative estimate of drug-likeness (QED) is 0.165. The topological polar surface area (TPSA) is 6.48 Å². The lowest BCUT2D eigenvalue weighted by Crippen LogP contribution is -2.52. The fourth-order valence-electron chi connectivity index (χ4n) is 9.09. The molecule has 2 heteroatoms. The molecular formula is C46H48N2. The van der Waals surface area contributed by atoms with Gasteiger partial charge in [-0.15, -0.1) is 0 Å². The van der Waals surface area contributed by atoms with Crippen molar-refractivity contribution in [2.45, 2.75) is 76.8 Å². The van der Waals surface area contributed by atoms with E-state index in [0.717, 1.165) is 25.7 Å². The summed E-state index contributed by atoms with van der Waals surface area (Å²) in [5.41, 5.74) is 12.5. The Balaban J connectivity index is 1.17. The number of hydrogen-bond acceptors (Lipinski definition) is 2. The Kier molecular flexibility index (Phi) is 7.04. The van der Waals surface area contributed by atoms with Gasteiger partial charge in [0.1, 0.15) is 0 Å². The Morgan fingerprint density at radius 2 is 1.23 bits per heavy atom. The largest absolute Gasteiger partial charge is 0.365 e. The van der Waals surface area contributed by atoms with Crippen molar-refractivity contribution in [1.29, 1.82) is 0 Å². The molecule has 0 heterocycles. The number of fused-ring (bicyclic) bond motifs is 6. The molecule has 0 amide bonds. The average molecular weight is 629 g/mol. The summed E-state index contributed by atoms with van der Waals surface area (Å²) in [7, 11) is 4.58. The Morgan fingerprint density at radius 1 is 0.625 bits per heavy atom. The van der Waals surface area contributed by atoms with Crippen LogP contribution in [0.2, 0.25) is 0 Å². The van der Waals surface area contributed by atoms with Gasteiger partial charge in [0.05, 0.1) is 11.1 Å². The van der Waals surface area contributed by atoms with Crippen LogP contribution in [0, 0.1) is 0 Å². The number of rotatable bonds is 8. The molecule has 0 aliphatic heterocycles. The third-order valence-corrected chi connectivity index (χ3v) is 12.5. The second-order valence-electron chi connectivity index (χ2n) is 15.2. The van der Waals surface area contributed by atoms with Gasteiger partial charge in [0, 0.05) is 37.3 Å². The van der Waals surface area contributed by atoms with E-state index in [1.165, 1.54) is 71.9 Å². The highest BCUT2D eigenvalue weighted by molar-refractivity contribution is 5.88. The summed E-state index contributed by atoms with van der Waals surface area (Å²) in [5, 5.41) is 5.17. The van der Waals surface area contributed by atoms with E-state index in [4.69, 9.17) is 0 Å². The first-order valence-electron chi connectivity index (χ1n) is 17.9. The van der Waals surface area contributed by atoms with E-state index in [2.05, 4.69) is 174 Å². The van der Waals surface area contributed by atoms with Crippen LogP contribution in [0.15, 0.2) is 115 Å². The van der Waals surface area contributed by atoms with Crippen LogP contribution in [0.3, 0.4) is 0 Å². The van der Waals surface area contributed by atoms with Crippen LogP contribution in [0.4, 0.5) is 11.4 Å². The standard InChI is InChI=1S/C46H48N2/c1-8-24-46(48(7)38-22-19-32-15-11-13-17-34(32)26-38)30-35-27-40-39-23-20-36(28-42(39)44(3,4)43(40)29-41(35)46)45(5,9-2)47(6)37-21-18-31-14-10-12-16-33(31)25-37/h10-23,25-29H,8-9,24,30H2,1-7H3. The zero-order chi connectivity index (χ0) is 33.4. The Morgan fingerprint density at radius 3 is 1.88 bits per heavy atom. The Hall–Kier alpha value is -4.56. The molecule has 0 radical (unpaired) electrons. The van der Waals surface area contributed by atoms with Crippen LogP contribution in [0.1, 0.15) is 81.7 Å². The summed E-state index contributed by atoms with van der Waals surface area (Å²) in [6, 6.07) is 43.7. The maximum Gasteiger partial charge on any atom is 0.0693 e. The van der Waals surface area contributed by atoms with E-state index in [9.17, 15) is 0 Å². The molecule has 0 fully saturated rings. The lowest BCUT2D eigenvalue weighted by atomic mass is 9.65. The zero-order valence-corrected chi connectivity index (χ0v) is 29.7. The fourth-order valence-corrected chi connectivity index (χ4v) is 9.09. The molecule has 0 N–H and O–H groups in total. The minimum atomic E-state index is -0.147. The van der Waals surface area contributed by atoms with Crippen molar-refractivity contribution in [1.82, 2.24) is 0 Å². The van der Waals surface area contributed by atoms with Crippen molar-refractivity contribution in [2.75, 3.05) is 23.9 Å². The van der Waals surface area contributed by atoms with Gasteiger partial charge in [-0.25, -0.2) is 0 Å². The van der Waals surface area contributed by atoms with Gasteiger partial charge in [-0.3, -0.25) is 0 Å². The van der Waals surface area contributed by atoms with E-state index >= 15 is 0 Å². The second kappa shape index (κ2) is 11.0. The highest BCUT2D eigenvalue weighted by Crippen LogP contribution is 2.56. The van der Waals surface area contributed by atoms with Crippen molar-refractivity contribution >= 4 is 32.9 Å². The number of hydrogen-bond donors (Lipinski definition) is 0. The molecule has 0 saturated heterocycles. The first-order chi connectivity index (χ1) is 23.1. The molecule has 0 aromatic heterocycles. The molecule has 2 aliphatic rings. The lowest BCUT2D eigenvalue weighted by molar-refractivity contribution is 0.332. The third-order valence-electron chi connectivity index (χ3n) is 12.5. The third kappa shape index (κ3) is 4.38. The van der Waals surface area contributed by atoms with Crippen molar-refractivity contribution in [3.63, 3.8) is 0 Å². The second-order valence-corrected chi connectivity index (χ2v) is 15.2. The molecule has 6 aromatic rings. The van der Waals surface area contributed by atoms with E-state index in [1.54, 1.807) is 0 Å². The van der Waals surface area contributed by atoms with E-state index in [1.807, 2.05) is 0 Å². The van der Waals surface area contributed by atoms with Crippen LogP contribution >= 0.6 is 0 Å². The molecule has 2 nitrogen and oxygen atoms in total. The van der Waals surface area contributed by atoms with E-state index in [-0.39, 0.29) is 16.5 Å². The van der Waals surface area contributed by atoms with Gasteiger partial charge in [-0.05, 0) is 105 Å². The number of anilines is 2. The molecule has 2 aliphatic carbocycles. The van der Waals surface area contributed by atoms with Crippen LogP contribution < -0.4 is 9.80 Å². The van der Waals surface area contributed by atoms with Gasteiger partial charge in [-0.1, -0.05) is 125 Å². The van der Waals surface area contributed by atoms with Crippen LogP contribution in [0.25, 0.3) is 32.7 Å². The molecular weight excluding hydrogens is 581 g/mol. The smallest absolute Gasteiger partial charge is 0.0693 e. The van der Waals surface area contributed by atoms with Gasteiger partial charge in [0.25, 0.3) is 0 Å². The predicted octanol–water partition coefficient (Wildman–Crippen LogP) is 11.7. The monoisotopic (exact) mass is 628 g/mol. The summed E-state index contributed by atoms with van der Waals surface area (Å²) < 4.78 is 0. The number of likely N-dealkylation sites (N-methyl/N-ethyl adjacent to an activating group) is 1. The minimum absolute atomic E-state index is 0.0148. The first-order valence-corrected chi connectivity index (χ1v) is 17.9. The molecule has 0 bridgehead atoms. The molecule has 242 valence electrons. The molecule has 2 atom stereocenters. The van der Waals surface area contributed by atoms with Gasteiger partial charge in [0.15, 0.2) is 0 Å². The van der Waals surface area contributed by atoms with Crippen molar-refractivity contribution < 1.29 is 0 Å². The molecule has 0 saturated carbocycles. The maximum absolute atomic E-state index is 2.60. The van der Waals surface area contributed by atoms with Gasteiger partial charge in [0.2, 0.25) is 0 Å². The highest BCUT2D eigenvalue weighted by Gasteiger charge is 2.48. The normalized spacial score (nSPS) is 18.5. The van der Waals surface area contributed by atoms with Gasteiger partial charge < -0.3 is 9.80 Å². The Bertz CT molecular complexity index is 2210. The summed E-state index contributed by atoms with van der Waals surface area (Å²) in [5.74, 6) is 0. The molecule has 48 heavy (non-hydrogen) atoms. The number of nitrogens with zero attached hydrogens (tertiary/aromatic N) is 2. The average Bonchev–Trinajstić information content (AvgIpc) is 3.33. The first kappa shape index (κ1) is 30.8. The van der Waals surface area contributed by atoms with Crippen LogP contribution in [-0.4, -0.2) is 14.1 Å². The summed E-state index contributed by atoms with van der Waals surface area (Å²) in [6.07, 6.45) is 4.40. The summed E-state index contributed by atoms with van der Waals surface area (Å²) >= 11 is 0. The SMILES string of the molecule is CCCC1(N(C)c2ccc3ccccc3c2)Cc2cc3c(cc21)C(C)(C)c1cc(C(C)(CC)N(C)c2ccc4ccccc4c2)ccc1-3. The predicted molar refractivity (Wildman–Crippen MR) is 207 cm³/mol. The molecule has 0 spiro atoms. The van der Waals surface area contributed by atoms with E-state index < -0.39 is 0 Å². The van der Waals surface area contributed by atoms with Gasteiger partial charge >= 0.3 is 0 Å². The fraction of sp³-hybridized carbons (Fsp3) is 0.304. The summed E-state index contributed by atoms with van der Waals surface area (Å²) in [4.78, 5) is 5.07. The number of benzene rings is 6.